The molecule has 2 atom stereocenters. The lowest BCUT2D eigenvalue weighted by Gasteiger charge is -2.21. The first kappa shape index (κ1) is 12.5. The zero-order valence-electron chi connectivity index (χ0n) is 10.2. The highest BCUT2D eigenvalue weighted by molar-refractivity contribution is 5.89. The SMILES string of the molecule is CCN(Cc1ccncc1)C(=O)C1CC1C(=O)O. The number of carboxylic acids is 1. The van der Waals surface area contributed by atoms with Crippen molar-refractivity contribution in [3.63, 3.8) is 0 Å². The first-order valence-corrected chi connectivity index (χ1v) is 6.04. The van der Waals surface area contributed by atoms with Gasteiger partial charge in [-0.2, -0.15) is 0 Å². The van der Waals surface area contributed by atoms with Gasteiger partial charge in [0.05, 0.1) is 11.8 Å². The van der Waals surface area contributed by atoms with Crippen molar-refractivity contribution in [2.75, 3.05) is 6.54 Å². The number of carbonyl (C=O) groups excluding carboxylic acids is 1. The molecule has 96 valence electrons. The molecule has 1 aliphatic rings. The summed E-state index contributed by atoms with van der Waals surface area (Å²) in [7, 11) is 0. The van der Waals surface area contributed by atoms with Crippen molar-refractivity contribution < 1.29 is 14.7 Å². The number of hydrogen-bond acceptors (Lipinski definition) is 3. The normalized spacial score (nSPS) is 21.4. The molecule has 1 aromatic rings. The first-order valence-electron chi connectivity index (χ1n) is 6.04. The average molecular weight is 248 g/mol. The predicted molar refractivity (Wildman–Crippen MR) is 64.6 cm³/mol. The molecule has 1 fully saturated rings. The third-order valence-electron chi connectivity index (χ3n) is 3.24. The van der Waals surface area contributed by atoms with E-state index in [4.69, 9.17) is 5.11 Å². The maximum atomic E-state index is 12.1. The summed E-state index contributed by atoms with van der Waals surface area (Å²) in [5.74, 6) is -1.73. The van der Waals surface area contributed by atoms with Gasteiger partial charge in [-0.15, -0.1) is 0 Å². The van der Waals surface area contributed by atoms with Gasteiger partial charge < -0.3 is 10.0 Å². The minimum absolute atomic E-state index is 0.0540. The molecule has 1 aromatic heterocycles. The number of amides is 1. The van der Waals surface area contributed by atoms with Crippen molar-refractivity contribution in [1.29, 1.82) is 0 Å². The van der Waals surface area contributed by atoms with Crippen molar-refractivity contribution in [3.8, 4) is 0 Å². The van der Waals surface area contributed by atoms with E-state index in [-0.39, 0.29) is 11.8 Å². The van der Waals surface area contributed by atoms with Gasteiger partial charge in [0.2, 0.25) is 5.91 Å². The third kappa shape index (κ3) is 2.67. The summed E-state index contributed by atoms with van der Waals surface area (Å²) in [6.07, 6.45) is 3.84. The number of carboxylic acid groups (broad SMARTS) is 1. The zero-order chi connectivity index (χ0) is 13.1. The van der Waals surface area contributed by atoms with Crippen LogP contribution in [0, 0.1) is 11.8 Å². The summed E-state index contributed by atoms with van der Waals surface area (Å²) in [6, 6.07) is 3.72. The van der Waals surface area contributed by atoms with Crippen LogP contribution in [0.25, 0.3) is 0 Å². The predicted octanol–water partition coefficient (Wildman–Crippen LogP) is 1.15. The molecule has 1 N–H and O–H groups in total. The van der Waals surface area contributed by atoms with Crippen LogP contribution in [0.4, 0.5) is 0 Å². The topological polar surface area (TPSA) is 70.5 Å². The molecule has 0 aliphatic heterocycles. The Balaban J connectivity index is 1.97. The van der Waals surface area contributed by atoms with Crippen LogP contribution in [0.15, 0.2) is 24.5 Å². The highest BCUT2D eigenvalue weighted by atomic mass is 16.4. The lowest BCUT2D eigenvalue weighted by atomic mass is 10.2. The quantitative estimate of drug-likeness (QED) is 0.848. The van der Waals surface area contributed by atoms with Crippen molar-refractivity contribution in [1.82, 2.24) is 9.88 Å². The summed E-state index contributed by atoms with van der Waals surface area (Å²) < 4.78 is 0. The van der Waals surface area contributed by atoms with Crippen LogP contribution < -0.4 is 0 Å². The van der Waals surface area contributed by atoms with Gasteiger partial charge in [0.1, 0.15) is 0 Å². The highest BCUT2D eigenvalue weighted by Gasteiger charge is 2.49. The number of rotatable bonds is 5. The molecule has 0 saturated heterocycles. The number of aromatic nitrogens is 1. The van der Waals surface area contributed by atoms with Crippen molar-refractivity contribution in [3.05, 3.63) is 30.1 Å². The molecule has 2 unspecified atom stereocenters. The molecule has 18 heavy (non-hydrogen) atoms. The second kappa shape index (κ2) is 5.16. The van der Waals surface area contributed by atoms with Crippen molar-refractivity contribution in [2.45, 2.75) is 19.9 Å². The van der Waals surface area contributed by atoms with Crippen LogP contribution >= 0.6 is 0 Å². The molecule has 0 aromatic carbocycles. The number of hydrogen-bond donors (Lipinski definition) is 1. The standard InChI is InChI=1S/C13H16N2O3/c1-2-15(8-9-3-5-14-6-4-9)12(16)10-7-11(10)13(17)18/h3-6,10-11H,2,7-8H2,1H3,(H,17,18). The molecule has 0 radical (unpaired) electrons. The zero-order valence-corrected chi connectivity index (χ0v) is 10.2. The number of nitrogens with zero attached hydrogens (tertiary/aromatic N) is 2. The van der Waals surface area contributed by atoms with Gasteiger partial charge in [-0.25, -0.2) is 0 Å². The molecular weight excluding hydrogens is 232 g/mol. The van der Waals surface area contributed by atoms with E-state index in [1.165, 1.54) is 0 Å². The fourth-order valence-electron chi connectivity index (χ4n) is 2.03. The van der Waals surface area contributed by atoms with Crippen molar-refractivity contribution >= 4 is 11.9 Å². The van der Waals surface area contributed by atoms with Crippen LogP contribution in [0.2, 0.25) is 0 Å². The highest BCUT2D eigenvalue weighted by Crippen LogP contribution is 2.40. The lowest BCUT2D eigenvalue weighted by molar-refractivity contribution is -0.142. The van der Waals surface area contributed by atoms with Gasteiger partial charge in [0, 0.05) is 25.5 Å². The lowest BCUT2D eigenvalue weighted by Crippen LogP contribution is -2.32. The minimum Gasteiger partial charge on any atom is -0.481 e. The van der Waals surface area contributed by atoms with Crippen LogP contribution in [0.5, 0.6) is 0 Å². The van der Waals surface area contributed by atoms with Crippen LogP contribution in [-0.4, -0.2) is 33.4 Å². The van der Waals surface area contributed by atoms with E-state index in [2.05, 4.69) is 4.98 Å². The van der Waals surface area contributed by atoms with E-state index in [1.807, 2.05) is 19.1 Å². The van der Waals surface area contributed by atoms with Gasteiger partial charge in [0.15, 0.2) is 0 Å². The molecule has 1 aliphatic carbocycles. The first-order chi connectivity index (χ1) is 8.63. The monoisotopic (exact) mass is 248 g/mol. The molecule has 1 heterocycles. The second-order valence-electron chi connectivity index (χ2n) is 4.49. The molecule has 1 amide bonds. The summed E-state index contributed by atoms with van der Waals surface area (Å²) in [6.45, 7) is 3.00. The van der Waals surface area contributed by atoms with Gasteiger partial charge in [-0.1, -0.05) is 0 Å². The molecule has 5 nitrogen and oxygen atoms in total. The molecule has 0 spiro atoms. The van der Waals surface area contributed by atoms with E-state index >= 15 is 0 Å². The van der Waals surface area contributed by atoms with Crippen molar-refractivity contribution in [2.24, 2.45) is 11.8 Å². The largest absolute Gasteiger partial charge is 0.481 e. The van der Waals surface area contributed by atoms with Gasteiger partial charge in [-0.3, -0.25) is 14.6 Å². The molecule has 5 heteroatoms. The van der Waals surface area contributed by atoms with E-state index in [0.717, 1.165) is 5.56 Å². The maximum absolute atomic E-state index is 12.1. The van der Waals surface area contributed by atoms with E-state index in [9.17, 15) is 9.59 Å². The van der Waals surface area contributed by atoms with E-state index in [0.29, 0.717) is 19.5 Å². The minimum atomic E-state index is -0.867. The Bertz CT molecular complexity index is 447. The second-order valence-corrected chi connectivity index (χ2v) is 4.49. The summed E-state index contributed by atoms with van der Waals surface area (Å²) in [5, 5.41) is 8.84. The Labute approximate surface area is 105 Å². The molecule has 0 bridgehead atoms. The van der Waals surface area contributed by atoms with E-state index in [1.54, 1.807) is 17.3 Å². The molecule has 1 saturated carbocycles. The smallest absolute Gasteiger partial charge is 0.307 e. The fourth-order valence-corrected chi connectivity index (χ4v) is 2.03. The van der Waals surface area contributed by atoms with Gasteiger partial charge >= 0.3 is 5.97 Å². The summed E-state index contributed by atoms with van der Waals surface area (Å²) in [5.41, 5.74) is 1.01. The third-order valence-corrected chi connectivity index (χ3v) is 3.24. The maximum Gasteiger partial charge on any atom is 0.307 e. The Morgan fingerprint density at radius 3 is 2.56 bits per heavy atom. The number of pyridine rings is 1. The summed E-state index contributed by atoms with van der Waals surface area (Å²) in [4.78, 5) is 28.5. The Hall–Kier alpha value is -1.91. The molecule has 2 rings (SSSR count). The van der Waals surface area contributed by atoms with Gasteiger partial charge in [-0.05, 0) is 31.0 Å². The van der Waals surface area contributed by atoms with Crippen LogP contribution in [0.3, 0.4) is 0 Å². The van der Waals surface area contributed by atoms with Gasteiger partial charge in [0.25, 0.3) is 0 Å². The Kier molecular flexibility index (Phi) is 3.60. The van der Waals surface area contributed by atoms with E-state index < -0.39 is 11.9 Å². The Morgan fingerprint density at radius 1 is 1.39 bits per heavy atom. The number of carbonyl (C=O) groups is 2. The summed E-state index contributed by atoms with van der Waals surface area (Å²) >= 11 is 0. The average Bonchev–Trinajstić information content (AvgIpc) is 3.16. The molecular formula is C13H16N2O3. The van der Waals surface area contributed by atoms with Crippen LogP contribution in [-0.2, 0) is 16.1 Å². The Morgan fingerprint density at radius 2 is 2.06 bits per heavy atom. The fraction of sp³-hybridized carbons (Fsp3) is 0.462. The number of aliphatic carboxylic acids is 1. The van der Waals surface area contributed by atoms with Crippen LogP contribution in [0.1, 0.15) is 18.9 Å².